The van der Waals surface area contributed by atoms with E-state index < -0.39 is 0 Å². The Morgan fingerprint density at radius 2 is 1.73 bits per heavy atom. The second-order valence-electron chi connectivity index (χ2n) is 13.0. The van der Waals surface area contributed by atoms with E-state index in [1.54, 1.807) is 11.1 Å². The standard InChI is InChI=1S/C20H32O2.C11H14/c1-5-19(3,4)18(21)22-20(6-2)11-14-10-15(20)17-13-8-7-12(9-13)16(14)17;1-8-7-10-5-3-4-6-11(10)9(8)2/h12-17H,5-11H2,1-4H3;3-6,8-9H,7H2,1-2H3. The Morgan fingerprint density at radius 1 is 1.03 bits per heavy atom. The molecule has 0 amide bonds. The minimum Gasteiger partial charge on any atom is -0.458 e. The molecule has 4 fully saturated rings. The summed E-state index contributed by atoms with van der Waals surface area (Å²) in [4.78, 5) is 12.7. The van der Waals surface area contributed by atoms with Gasteiger partial charge in [0.05, 0.1) is 5.41 Å². The summed E-state index contributed by atoms with van der Waals surface area (Å²) in [7, 11) is 0. The molecule has 9 atom stereocenters. The van der Waals surface area contributed by atoms with Gasteiger partial charge in [-0.05, 0) is 118 Å². The zero-order chi connectivity index (χ0) is 23.5. The highest BCUT2D eigenvalue weighted by Crippen LogP contribution is 2.71. The SMILES string of the molecule is CC1Cc2ccccc2C1C.CCC(C)(C)C(=O)OC1(CC)CC2CC1C1C3CCC(C3)C21. The number of benzene rings is 1. The zero-order valence-electron chi connectivity index (χ0n) is 21.9. The fourth-order valence-electron chi connectivity index (χ4n) is 8.75. The minimum absolute atomic E-state index is 0.0455. The molecular formula is C31H46O2. The molecule has 5 aliphatic rings. The summed E-state index contributed by atoms with van der Waals surface area (Å²) in [5.74, 6) is 7.01. The minimum atomic E-state index is -0.335. The number of ether oxygens (including phenoxy) is 1. The molecule has 0 heterocycles. The number of fused-ring (bicyclic) bond motifs is 10. The van der Waals surface area contributed by atoms with Crippen LogP contribution in [0, 0.1) is 46.8 Å². The first-order valence-electron chi connectivity index (χ1n) is 14.0. The van der Waals surface area contributed by atoms with Crippen molar-refractivity contribution >= 4 is 5.97 Å². The van der Waals surface area contributed by atoms with Crippen molar-refractivity contribution in [3.63, 3.8) is 0 Å². The molecule has 0 spiro atoms. The Bertz CT molecular complexity index is 887. The van der Waals surface area contributed by atoms with Gasteiger partial charge in [-0.25, -0.2) is 0 Å². The first kappa shape index (κ1) is 23.4. The molecule has 1 aromatic rings. The molecule has 4 bridgehead atoms. The van der Waals surface area contributed by atoms with Crippen LogP contribution in [0.15, 0.2) is 24.3 Å². The van der Waals surface area contributed by atoms with Crippen LogP contribution in [0.25, 0.3) is 0 Å². The van der Waals surface area contributed by atoms with Crippen LogP contribution in [0.3, 0.4) is 0 Å². The van der Waals surface area contributed by atoms with Gasteiger partial charge >= 0.3 is 5.97 Å². The quantitative estimate of drug-likeness (QED) is 0.345. The highest BCUT2D eigenvalue weighted by Gasteiger charge is 2.67. The van der Waals surface area contributed by atoms with Gasteiger partial charge in [-0.3, -0.25) is 4.79 Å². The first-order valence-corrected chi connectivity index (χ1v) is 14.0. The van der Waals surface area contributed by atoms with E-state index in [1.165, 1.54) is 32.1 Å². The lowest BCUT2D eigenvalue weighted by Crippen LogP contribution is -2.49. The number of hydrogen-bond acceptors (Lipinski definition) is 2. The van der Waals surface area contributed by atoms with E-state index in [-0.39, 0.29) is 17.0 Å². The van der Waals surface area contributed by atoms with Gasteiger partial charge < -0.3 is 4.74 Å². The lowest BCUT2D eigenvalue weighted by atomic mass is 9.65. The summed E-state index contributed by atoms with van der Waals surface area (Å²) >= 11 is 0. The van der Waals surface area contributed by atoms with E-state index >= 15 is 0 Å². The van der Waals surface area contributed by atoms with E-state index in [0.29, 0.717) is 5.92 Å². The van der Waals surface area contributed by atoms with Crippen LogP contribution in [-0.4, -0.2) is 11.6 Å². The van der Waals surface area contributed by atoms with Crippen molar-refractivity contribution in [2.24, 2.45) is 46.8 Å². The second-order valence-corrected chi connectivity index (χ2v) is 13.0. The maximum atomic E-state index is 12.7. The lowest BCUT2D eigenvalue weighted by Gasteiger charge is -2.46. The van der Waals surface area contributed by atoms with Crippen molar-refractivity contribution in [3.8, 4) is 0 Å². The van der Waals surface area contributed by atoms with Crippen molar-refractivity contribution in [2.75, 3.05) is 0 Å². The first-order chi connectivity index (χ1) is 15.7. The van der Waals surface area contributed by atoms with Crippen molar-refractivity contribution in [3.05, 3.63) is 35.4 Å². The highest BCUT2D eigenvalue weighted by atomic mass is 16.6. The number of carbonyl (C=O) groups excluding carboxylic acids is 1. The predicted octanol–water partition coefficient (Wildman–Crippen LogP) is 7.80. The maximum Gasteiger partial charge on any atom is 0.312 e. The smallest absolute Gasteiger partial charge is 0.312 e. The number of carbonyl (C=O) groups is 1. The van der Waals surface area contributed by atoms with E-state index in [4.69, 9.17) is 4.74 Å². The maximum absolute atomic E-state index is 12.7. The van der Waals surface area contributed by atoms with Gasteiger partial charge in [0, 0.05) is 5.92 Å². The van der Waals surface area contributed by atoms with Gasteiger partial charge in [0.1, 0.15) is 5.60 Å². The molecule has 0 aliphatic heterocycles. The summed E-state index contributed by atoms with van der Waals surface area (Å²) in [5.41, 5.74) is 2.67. The number of hydrogen-bond donors (Lipinski definition) is 0. The summed E-state index contributed by atoms with van der Waals surface area (Å²) < 4.78 is 6.31. The fourth-order valence-corrected chi connectivity index (χ4v) is 8.75. The van der Waals surface area contributed by atoms with E-state index in [9.17, 15) is 4.79 Å². The zero-order valence-corrected chi connectivity index (χ0v) is 21.9. The van der Waals surface area contributed by atoms with Gasteiger partial charge in [-0.1, -0.05) is 52.0 Å². The Hall–Kier alpha value is -1.31. The Labute approximate surface area is 202 Å². The topological polar surface area (TPSA) is 26.3 Å². The lowest BCUT2D eigenvalue weighted by molar-refractivity contribution is -0.183. The molecule has 0 aromatic heterocycles. The molecule has 33 heavy (non-hydrogen) atoms. The van der Waals surface area contributed by atoms with Gasteiger partial charge in [-0.15, -0.1) is 0 Å². The molecule has 1 aromatic carbocycles. The summed E-state index contributed by atoms with van der Waals surface area (Å²) in [6.07, 6.45) is 10.1. The molecule has 0 radical (unpaired) electrons. The van der Waals surface area contributed by atoms with Crippen LogP contribution < -0.4 is 0 Å². The largest absolute Gasteiger partial charge is 0.458 e. The molecular weight excluding hydrogens is 404 g/mol. The predicted molar refractivity (Wildman–Crippen MR) is 135 cm³/mol. The number of rotatable bonds is 4. The van der Waals surface area contributed by atoms with Crippen molar-refractivity contribution in [2.45, 2.75) is 104 Å². The molecule has 9 unspecified atom stereocenters. The van der Waals surface area contributed by atoms with E-state index in [1.807, 2.05) is 13.8 Å². The number of esters is 1. The second kappa shape index (κ2) is 8.42. The molecule has 0 N–H and O–H groups in total. The normalized spacial score (nSPS) is 42.0. The highest BCUT2D eigenvalue weighted by molar-refractivity contribution is 5.76. The summed E-state index contributed by atoms with van der Waals surface area (Å²) in [6.45, 7) is 13.1. The van der Waals surface area contributed by atoms with Crippen LogP contribution >= 0.6 is 0 Å². The third-order valence-electron chi connectivity index (χ3n) is 11.2. The van der Waals surface area contributed by atoms with Crippen molar-refractivity contribution in [1.82, 2.24) is 0 Å². The van der Waals surface area contributed by atoms with Gasteiger partial charge in [0.2, 0.25) is 0 Å². The van der Waals surface area contributed by atoms with Gasteiger partial charge in [0.15, 0.2) is 0 Å². The molecule has 182 valence electrons. The van der Waals surface area contributed by atoms with E-state index in [2.05, 4.69) is 52.0 Å². The van der Waals surface area contributed by atoms with Crippen molar-refractivity contribution < 1.29 is 9.53 Å². The Balaban J connectivity index is 0.000000174. The van der Waals surface area contributed by atoms with Crippen LogP contribution in [0.5, 0.6) is 0 Å². The average Bonchev–Trinajstić information content (AvgIpc) is 3.61. The molecule has 4 saturated carbocycles. The Morgan fingerprint density at radius 3 is 2.39 bits per heavy atom. The molecule has 5 aliphatic carbocycles. The third-order valence-corrected chi connectivity index (χ3v) is 11.2. The molecule has 0 saturated heterocycles. The monoisotopic (exact) mass is 450 g/mol. The van der Waals surface area contributed by atoms with Gasteiger partial charge in [-0.2, -0.15) is 0 Å². The van der Waals surface area contributed by atoms with Crippen LogP contribution in [0.2, 0.25) is 0 Å². The van der Waals surface area contributed by atoms with E-state index in [0.717, 1.165) is 60.7 Å². The third kappa shape index (κ3) is 3.69. The molecule has 2 nitrogen and oxygen atoms in total. The van der Waals surface area contributed by atoms with Gasteiger partial charge in [0.25, 0.3) is 0 Å². The van der Waals surface area contributed by atoms with Crippen molar-refractivity contribution in [1.29, 1.82) is 0 Å². The summed E-state index contributed by atoms with van der Waals surface area (Å²) in [5, 5.41) is 0. The van der Waals surface area contributed by atoms with Crippen LogP contribution in [0.4, 0.5) is 0 Å². The van der Waals surface area contributed by atoms with Crippen LogP contribution in [-0.2, 0) is 16.0 Å². The Kier molecular flexibility index (Phi) is 5.98. The average molecular weight is 451 g/mol. The summed E-state index contributed by atoms with van der Waals surface area (Å²) in [6, 6.07) is 8.82. The fraction of sp³-hybridized carbons (Fsp3) is 0.774. The molecule has 2 heteroatoms. The molecule has 6 rings (SSSR count). The van der Waals surface area contributed by atoms with Crippen LogP contribution in [0.1, 0.15) is 104 Å².